The summed E-state index contributed by atoms with van der Waals surface area (Å²) in [6, 6.07) is 60.6. The molecular formula is C94H54F4O20. The molecule has 0 saturated heterocycles. The molecule has 118 heavy (non-hydrogen) atoms. The van der Waals surface area contributed by atoms with Crippen molar-refractivity contribution in [2.45, 2.75) is 26.9 Å². The molecule has 10 heterocycles. The van der Waals surface area contributed by atoms with E-state index in [-0.39, 0.29) is 77.6 Å². The number of halogens is 4. The van der Waals surface area contributed by atoms with Gasteiger partial charge in [0, 0.05) is 33.0 Å². The van der Waals surface area contributed by atoms with Crippen LogP contribution < -0.4 is 74.5 Å². The van der Waals surface area contributed by atoms with Crippen LogP contribution in [0.25, 0.3) is 164 Å². The van der Waals surface area contributed by atoms with E-state index in [4.69, 9.17) is 69.5 Å². The first-order valence-corrected chi connectivity index (χ1v) is 37.0. The summed E-state index contributed by atoms with van der Waals surface area (Å²) in [5, 5.41) is 12.7. The van der Waals surface area contributed by atoms with Gasteiger partial charge >= 0.3 is 6.18 Å². The zero-order valence-electron chi connectivity index (χ0n) is 61.9. The molecule has 20 aromatic rings. The molecule has 15 aromatic carbocycles. The average molecular weight is 1580 g/mol. The van der Waals surface area contributed by atoms with Crippen molar-refractivity contribution < 1.29 is 87.0 Å². The number of benzene rings is 15. The quantitative estimate of drug-likeness (QED) is 0.0778. The van der Waals surface area contributed by atoms with Crippen molar-refractivity contribution in [2.75, 3.05) is 34.0 Å². The predicted octanol–water partition coefficient (Wildman–Crippen LogP) is 21.2. The molecule has 0 bridgehead atoms. The predicted molar refractivity (Wildman–Crippen MR) is 437 cm³/mol. The summed E-state index contributed by atoms with van der Waals surface area (Å²) in [4.78, 5) is 63.8. The summed E-state index contributed by atoms with van der Waals surface area (Å²) in [7, 11) is 0. The lowest BCUT2D eigenvalue weighted by Gasteiger charge is -2.11. The SMILES string of the molecule is Cc1ccc2c(=O)c3ccc4cc5c(cc4c3oc2c1)OCO5.Cc1ccc2oc3c(ccc4cc5c(cc43)OCO5)c(=O)c2c1.Cc1cccc2oc3c(ccc4cc5c(cc43)OCO5)c(=O)c12.O=c1c2ccc(F)cc2oc2c1ccc1cc3c(cc12)OCO3.O=c1c2cccc(C(F)(F)F)c2oc2c1ccc1cc3c(cc12)OCO3. The molecule has 20 nitrogen and oxygen atoms in total. The van der Waals surface area contributed by atoms with Crippen LogP contribution in [0.4, 0.5) is 17.6 Å². The third-order valence-electron chi connectivity index (χ3n) is 21.6. The smallest absolute Gasteiger partial charge is 0.420 e. The van der Waals surface area contributed by atoms with Gasteiger partial charge in [-0.2, -0.15) is 13.2 Å². The van der Waals surface area contributed by atoms with E-state index in [0.717, 1.165) is 83.1 Å². The maximum atomic E-state index is 13.5. The Balaban J connectivity index is 0.0000000918. The van der Waals surface area contributed by atoms with Crippen LogP contribution >= 0.6 is 0 Å². The van der Waals surface area contributed by atoms with Crippen molar-refractivity contribution in [1.82, 2.24) is 0 Å². The zero-order chi connectivity index (χ0) is 80.3. The summed E-state index contributed by atoms with van der Waals surface area (Å²) in [5.74, 6) is 6.00. The highest BCUT2D eigenvalue weighted by Crippen LogP contribution is 2.46. The van der Waals surface area contributed by atoms with Gasteiger partial charge in [-0.1, -0.05) is 66.2 Å². The van der Waals surface area contributed by atoms with Crippen molar-refractivity contribution in [3.05, 3.63) is 292 Å². The van der Waals surface area contributed by atoms with Crippen molar-refractivity contribution in [3.63, 3.8) is 0 Å². The molecule has 5 aliphatic heterocycles. The summed E-state index contributed by atoms with van der Waals surface area (Å²) in [6.45, 7) is 6.75. The zero-order valence-corrected chi connectivity index (χ0v) is 61.9. The molecule has 0 radical (unpaired) electrons. The molecule has 0 fully saturated rings. The lowest BCUT2D eigenvalue weighted by molar-refractivity contribution is -0.136. The Kier molecular flexibility index (Phi) is 16.1. The van der Waals surface area contributed by atoms with Gasteiger partial charge in [0.15, 0.2) is 63.1 Å². The number of fused-ring (bicyclic) bond motifs is 25. The highest BCUT2D eigenvalue weighted by Gasteiger charge is 2.35. The number of hydrogen-bond donors (Lipinski definition) is 0. The molecule has 25 rings (SSSR count). The number of alkyl halides is 3. The Labute approximate surface area is 657 Å². The first-order valence-electron chi connectivity index (χ1n) is 37.0. The van der Waals surface area contributed by atoms with Crippen LogP contribution in [-0.4, -0.2) is 34.0 Å². The first-order chi connectivity index (χ1) is 57.3. The van der Waals surface area contributed by atoms with Crippen molar-refractivity contribution in [3.8, 4) is 57.5 Å². The third kappa shape index (κ3) is 11.7. The van der Waals surface area contributed by atoms with E-state index in [2.05, 4.69) is 0 Å². The van der Waals surface area contributed by atoms with E-state index >= 15 is 0 Å². The standard InChI is InChI=1S/C19H9F3O4.3C19H12O4.C18H9FO4/c20-19(21,22)13-3-1-2-10-16(23)11-5-4-9-6-14-15(25-8-24-14)7-12(9)17(11)26-18(10)13;1-10-2-5-15-14(6-10)18(20)12-4-3-11-7-16-17(22-9-21-16)8-13(11)19(12)23-15;1-10-2-4-12-15(6-10)23-19-13(18(12)20)5-3-11-7-16-17(8-14(11)19)22-9-21-16;1-10-3-2-4-14-17(10)18(20)12-6-5-11-7-15-16(22-9-21-15)8-13(11)19(12)23-14;19-10-2-4-11-14(6-10)23-18-12(17(11)20)3-1-9-5-15-16(7-13(9)18)22-8-21-15/h1-7H,8H2;3*2-8H,9H2,1H3;1-7H,8H2. The molecule has 0 aliphatic carbocycles. The van der Waals surface area contributed by atoms with Crippen LogP contribution in [0.2, 0.25) is 0 Å². The van der Waals surface area contributed by atoms with E-state index in [1.165, 1.54) is 30.3 Å². The van der Waals surface area contributed by atoms with Gasteiger partial charge in [-0.15, -0.1) is 0 Å². The highest BCUT2D eigenvalue weighted by molar-refractivity contribution is 6.13. The number of ether oxygens (including phenoxy) is 10. The van der Waals surface area contributed by atoms with E-state index in [9.17, 15) is 41.5 Å². The fraction of sp³-hybridized carbons (Fsp3) is 0.0957. The number of rotatable bonds is 0. The first kappa shape index (κ1) is 70.5. The maximum Gasteiger partial charge on any atom is 0.420 e. The monoisotopic (exact) mass is 1580 g/mol. The van der Waals surface area contributed by atoms with Crippen LogP contribution in [-0.2, 0) is 6.18 Å². The molecule has 0 amide bonds. The average Bonchev–Trinajstić information content (AvgIpc) is 1.08. The molecule has 24 heteroatoms. The van der Waals surface area contributed by atoms with E-state index < -0.39 is 28.6 Å². The second kappa shape index (κ2) is 26.9. The topological polar surface area (TPSA) is 243 Å². The second-order valence-electron chi connectivity index (χ2n) is 28.8. The van der Waals surface area contributed by atoms with E-state index in [1.54, 1.807) is 36.4 Å². The summed E-state index contributed by atoms with van der Waals surface area (Å²) in [6.07, 6.45) is -4.63. The molecule has 5 aliphatic rings. The lowest BCUT2D eigenvalue weighted by atomic mass is 10.0. The van der Waals surface area contributed by atoms with Gasteiger partial charge in [0.2, 0.25) is 61.1 Å². The molecule has 0 N–H and O–H groups in total. The van der Waals surface area contributed by atoms with E-state index in [1.807, 2.05) is 160 Å². The van der Waals surface area contributed by atoms with Gasteiger partial charge in [-0.25, -0.2) is 4.39 Å². The van der Waals surface area contributed by atoms with Crippen LogP contribution in [0.5, 0.6) is 57.5 Å². The van der Waals surface area contributed by atoms with Crippen LogP contribution in [0.15, 0.2) is 258 Å². The minimum absolute atomic E-state index is 0.00100. The van der Waals surface area contributed by atoms with Crippen LogP contribution in [0.3, 0.4) is 0 Å². The molecule has 0 unspecified atom stereocenters. The van der Waals surface area contributed by atoms with Gasteiger partial charge in [0.25, 0.3) is 0 Å². The van der Waals surface area contributed by atoms with Gasteiger partial charge in [0.05, 0.1) is 59.4 Å². The van der Waals surface area contributed by atoms with E-state index in [0.29, 0.717) is 133 Å². The lowest BCUT2D eigenvalue weighted by Crippen LogP contribution is -2.09. The minimum atomic E-state index is -4.63. The van der Waals surface area contributed by atoms with Crippen molar-refractivity contribution in [2.24, 2.45) is 0 Å². The van der Waals surface area contributed by atoms with Crippen molar-refractivity contribution in [1.29, 1.82) is 0 Å². The minimum Gasteiger partial charge on any atom is -0.455 e. The largest absolute Gasteiger partial charge is 0.455 e. The van der Waals surface area contributed by atoms with Gasteiger partial charge in [0.1, 0.15) is 56.1 Å². The summed E-state index contributed by atoms with van der Waals surface area (Å²) in [5.41, 5.74) is 5.15. The molecule has 0 atom stereocenters. The number of para-hydroxylation sites is 1. The molecule has 578 valence electrons. The summed E-state index contributed by atoms with van der Waals surface area (Å²) >= 11 is 0. The van der Waals surface area contributed by atoms with Gasteiger partial charge in [-0.3, -0.25) is 24.0 Å². The molecular weight excluding hydrogens is 1530 g/mol. The Morgan fingerprint density at radius 1 is 0.254 bits per heavy atom. The maximum absolute atomic E-state index is 13.5. The Hall–Kier alpha value is -15.3. The molecule has 0 spiro atoms. The number of aryl methyl sites for hydroxylation is 3. The third-order valence-corrected chi connectivity index (χ3v) is 21.6. The van der Waals surface area contributed by atoms with Crippen molar-refractivity contribution >= 4 is 164 Å². The fourth-order valence-corrected chi connectivity index (χ4v) is 15.8. The fourth-order valence-electron chi connectivity index (χ4n) is 15.8. The van der Waals surface area contributed by atoms with Crippen LogP contribution in [0, 0.1) is 26.6 Å². The Morgan fingerprint density at radius 2 is 0.576 bits per heavy atom. The second-order valence-corrected chi connectivity index (χ2v) is 28.8. The molecule has 0 saturated carbocycles. The molecule has 5 aromatic heterocycles. The Bertz CT molecular complexity index is 7900. The normalized spacial score (nSPS) is 13.4. The highest BCUT2D eigenvalue weighted by atomic mass is 19.4. The van der Waals surface area contributed by atoms with Gasteiger partial charge in [-0.05, 0) is 204 Å². The number of hydrogen-bond acceptors (Lipinski definition) is 20. The summed E-state index contributed by atoms with van der Waals surface area (Å²) < 4.78 is 137. The van der Waals surface area contributed by atoms with Gasteiger partial charge < -0.3 is 69.5 Å². The Morgan fingerprint density at radius 3 is 1.01 bits per heavy atom. The van der Waals surface area contributed by atoms with Crippen LogP contribution in [0.1, 0.15) is 22.3 Å².